The van der Waals surface area contributed by atoms with Gasteiger partial charge in [-0.1, -0.05) is 0 Å². The Labute approximate surface area is 129 Å². The summed E-state index contributed by atoms with van der Waals surface area (Å²) in [6, 6.07) is 6.79. The van der Waals surface area contributed by atoms with E-state index in [2.05, 4.69) is 25.4 Å². The minimum Gasteiger partial charge on any atom is -0.476 e. The number of carbonyl (C=O) groups excluding carboxylic acids is 1. The van der Waals surface area contributed by atoms with Gasteiger partial charge in [-0.25, -0.2) is 24.4 Å². The Hall–Kier alpha value is -3.62. The van der Waals surface area contributed by atoms with Gasteiger partial charge in [0.05, 0.1) is 5.69 Å². The van der Waals surface area contributed by atoms with E-state index in [1.807, 2.05) is 0 Å². The van der Waals surface area contributed by atoms with Crippen molar-refractivity contribution in [3.8, 4) is 5.69 Å². The average Bonchev–Trinajstić information content (AvgIpc) is 3.10. The fourth-order valence-corrected chi connectivity index (χ4v) is 1.89. The zero-order valence-corrected chi connectivity index (χ0v) is 11.6. The molecule has 0 fully saturated rings. The van der Waals surface area contributed by atoms with Crippen LogP contribution in [0.1, 0.15) is 21.0 Å². The number of carbonyl (C=O) groups is 2. The Balaban J connectivity index is 1.80. The summed E-state index contributed by atoms with van der Waals surface area (Å²) >= 11 is 0. The molecule has 2 N–H and O–H groups in total. The minimum absolute atomic E-state index is 0.250. The molecule has 0 atom stereocenters. The number of aromatic nitrogens is 5. The van der Waals surface area contributed by atoms with Gasteiger partial charge in [0.15, 0.2) is 11.4 Å². The number of aromatic carboxylic acids is 1. The number of benzene rings is 1. The average molecular weight is 310 g/mol. The van der Waals surface area contributed by atoms with E-state index in [9.17, 15) is 9.59 Å². The van der Waals surface area contributed by atoms with Crippen LogP contribution in [-0.4, -0.2) is 41.7 Å². The number of hydrogen-bond acceptors (Lipinski definition) is 6. The Bertz CT molecular complexity index is 845. The third kappa shape index (κ3) is 3.02. The monoisotopic (exact) mass is 310 g/mol. The topological polar surface area (TPSA) is 123 Å². The summed E-state index contributed by atoms with van der Waals surface area (Å²) in [5.41, 5.74) is 0.608. The van der Waals surface area contributed by atoms with Crippen LogP contribution in [0.25, 0.3) is 5.69 Å². The third-order valence-corrected chi connectivity index (χ3v) is 2.92. The zero-order chi connectivity index (χ0) is 16.2. The van der Waals surface area contributed by atoms with Crippen molar-refractivity contribution in [2.75, 3.05) is 5.32 Å². The highest BCUT2D eigenvalue weighted by Gasteiger charge is 2.19. The van der Waals surface area contributed by atoms with Crippen LogP contribution in [0, 0.1) is 0 Å². The number of carboxylic acids is 1. The maximum absolute atomic E-state index is 12.1. The molecule has 9 nitrogen and oxygen atoms in total. The van der Waals surface area contributed by atoms with Gasteiger partial charge in [-0.15, -0.1) is 0 Å². The van der Waals surface area contributed by atoms with Crippen LogP contribution in [0.15, 0.2) is 49.3 Å². The lowest BCUT2D eigenvalue weighted by atomic mass is 10.2. The normalized spacial score (nSPS) is 10.3. The molecule has 0 saturated carbocycles. The number of rotatable bonds is 4. The van der Waals surface area contributed by atoms with Gasteiger partial charge in [0, 0.05) is 18.1 Å². The first-order chi connectivity index (χ1) is 11.1. The number of nitrogens with zero attached hydrogens (tertiary/aromatic N) is 5. The van der Waals surface area contributed by atoms with Gasteiger partial charge in [-0.05, 0) is 24.3 Å². The number of anilines is 1. The molecule has 3 aromatic rings. The molecule has 2 aromatic heterocycles. The van der Waals surface area contributed by atoms with Crippen molar-refractivity contribution in [3.63, 3.8) is 0 Å². The smallest absolute Gasteiger partial charge is 0.356 e. The van der Waals surface area contributed by atoms with Gasteiger partial charge in [0.25, 0.3) is 5.91 Å². The van der Waals surface area contributed by atoms with Crippen molar-refractivity contribution in [1.29, 1.82) is 0 Å². The van der Waals surface area contributed by atoms with Gasteiger partial charge in [-0.2, -0.15) is 5.10 Å². The molecule has 0 unspecified atom stereocenters. The first kappa shape index (κ1) is 14.3. The van der Waals surface area contributed by atoms with Crippen LogP contribution in [-0.2, 0) is 0 Å². The van der Waals surface area contributed by atoms with Gasteiger partial charge < -0.3 is 10.4 Å². The molecular formula is C14H10N6O3. The quantitative estimate of drug-likeness (QED) is 0.737. The van der Waals surface area contributed by atoms with Gasteiger partial charge in [0.1, 0.15) is 12.7 Å². The maximum Gasteiger partial charge on any atom is 0.356 e. The summed E-state index contributed by atoms with van der Waals surface area (Å²) in [5, 5.41) is 15.6. The second-order valence-corrected chi connectivity index (χ2v) is 4.40. The van der Waals surface area contributed by atoms with E-state index >= 15 is 0 Å². The zero-order valence-electron chi connectivity index (χ0n) is 11.6. The first-order valence-corrected chi connectivity index (χ1v) is 6.46. The van der Waals surface area contributed by atoms with Gasteiger partial charge >= 0.3 is 5.97 Å². The summed E-state index contributed by atoms with van der Waals surface area (Å²) in [6.07, 6.45) is 5.44. The SMILES string of the molecule is O=C(O)c1nccnc1C(=O)Nc1ccc(-n2cncn2)cc1. The Morgan fingerprint density at radius 2 is 1.74 bits per heavy atom. The molecular weight excluding hydrogens is 300 g/mol. The highest BCUT2D eigenvalue weighted by Crippen LogP contribution is 2.13. The van der Waals surface area contributed by atoms with Crippen LogP contribution in [0.3, 0.4) is 0 Å². The molecule has 0 radical (unpaired) electrons. The molecule has 2 heterocycles. The number of hydrogen-bond donors (Lipinski definition) is 2. The summed E-state index contributed by atoms with van der Waals surface area (Å²) in [4.78, 5) is 34.5. The minimum atomic E-state index is -1.32. The Morgan fingerprint density at radius 1 is 1.04 bits per heavy atom. The second kappa shape index (κ2) is 6.02. The summed E-state index contributed by atoms with van der Waals surface area (Å²) in [5.74, 6) is -1.96. The Morgan fingerprint density at radius 3 is 2.35 bits per heavy atom. The molecule has 0 saturated heterocycles. The molecule has 0 aliphatic rings. The van der Waals surface area contributed by atoms with Crippen molar-refractivity contribution in [2.24, 2.45) is 0 Å². The molecule has 114 valence electrons. The van der Waals surface area contributed by atoms with Crippen LogP contribution in [0.2, 0.25) is 0 Å². The van der Waals surface area contributed by atoms with Gasteiger partial charge in [-0.3, -0.25) is 4.79 Å². The molecule has 0 spiro atoms. The predicted molar refractivity (Wildman–Crippen MR) is 78.3 cm³/mol. The lowest BCUT2D eigenvalue weighted by molar-refractivity contribution is 0.0685. The lowest BCUT2D eigenvalue weighted by Crippen LogP contribution is -2.19. The number of amides is 1. The molecule has 0 aliphatic heterocycles. The van der Waals surface area contributed by atoms with E-state index < -0.39 is 17.6 Å². The van der Waals surface area contributed by atoms with Crippen LogP contribution in [0.5, 0.6) is 0 Å². The molecule has 1 amide bonds. The summed E-state index contributed by atoms with van der Waals surface area (Å²) < 4.78 is 1.57. The second-order valence-electron chi connectivity index (χ2n) is 4.40. The van der Waals surface area contributed by atoms with Crippen molar-refractivity contribution in [1.82, 2.24) is 24.7 Å². The number of carboxylic acid groups (broad SMARTS) is 1. The van der Waals surface area contributed by atoms with Crippen molar-refractivity contribution >= 4 is 17.6 Å². The van der Waals surface area contributed by atoms with Crippen molar-refractivity contribution < 1.29 is 14.7 Å². The highest BCUT2D eigenvalue weighted by atomic mass is 16.4. The van der Waals surface area contributed by atoms with Crippen molar-refractivity contribution in [2.45, 2.75) is 0 Å². The van der Waals surface area contributed by atoms with Crippen molar-refractivity contribution in [3.05, 3.63) is 60.7 Å². The first-order valence-electron chi connectivity index (χ1n) is 6.46. The molecule has 0 bridgehead atoms. The standard InChI is InChI=1S/C14H10N6O3/c21-13(11-12(14(22)23)17-6-5-16-11)19-9-1-3-10(4-2-9)20-8-15-7-18-20/h1-8H,(H,19,21)(H,22,23). The number of nitrogens with one attached hydrogen (secondary N) is 1. The van der Waals surface area contributed by atoms with E-state index in [0.717, 1.165) is 5.69 Å². The fourth-order valence-electron chi connectivity index (χ4n) is 1.89. The van der Waals surface area contributed by atoms with Crippen LogP contribution >= 0.6 is 0 Å². The molecule has 0 aliphatic carbocycles. The van der Waals surface area contributed by atoms with Crippen LogP contribution in [0.4, 0.5) is 5.69 Å². The summed E-state index contributed by atoms with van der Waals surface area (Å²) in [6.45, 7) is 0. The highest BCUT2D eigenvalue weighted by molar-refractivity contribution is 6.08. The molecule has 3 rings (SSSR count). The predicted octanol–water partition coefficient (Wildman–Crippen LogP) is 1.01. The Kier molecular flexibility index (Phi) is 3.75. The van der Waals surface area contributed by atoms with Gasteiger partial charge in [0.2, 0.25) is 0 Å². The van der Waals surface area contributed by atoms with E-state index in [1.54, 1.807) is 35.3 Å². The molecule has 9 heteroatoms. The maximum atomic E-state index is 12.1. The summed E-state index contributed by atoms with van der Waals surface area (Å²) in [7, 11) is 0. The third-order valence-electron chi connectivity index (χ3n) is 2.92. The lowest BCUT2D eigenvalue weighted by Gasteiger charge is -2.07. The van der Waals surface area contributed by atoms with E-state index in [-0.39, 0.29) is 5.69 Å². The van der Waals surface area contributed by atoms with E-state index in [1.165, 1.54) is 18.7 Å². The molecule has 1 aromatic carbocycles. The largest absolute Gasteiger partial charge is 0.476 e. The van der Waals surface area contributed by atoms with E-state index in [4.69, 9.17) is 5.11 Å². The fraction of sp³-hybridized carbons (Fsp3) is 0. The molecule has 23 heavy (non-hydrogen) atoms. The van der Waals surface area contributed by atoms with Crippen LogP contribution < -0.4 is 5.32 Å². The van der Waals surface area contributed by atoms with E-state index in [0.29, 0.717) is 5.69 Å².